The molecule has 0 aliphatic rings. The third kappa shape index (κ3) is 4.41. The van der Waals surface area contributed by atoms with Crippen LogP contribution in [0.1, 0.15) is 26.5 Å². The van der Waals surface area contributed by atoms with E-state index in [1.54, 1.807) is 0 Å². The highest BCUT2D eigenvalue weighted by Crippen LogP contribution is 2.63. The molecule has 0 bridgehead atoms. The van der Waals surface area contributed by atoms with E-state index in [1.807, 2.05) is 55.5 Å². The Bertz CT molecular complexity index is 1300. The standard InChI is InChI=1S/C25H24Br2NO2P/c1-17-12-15-24(29-17)31(25(2,3)4,30-23-14-13-19(26)16-21(23)27)28-22-11-7-9-18-8-5-6-10-20(18)22/h5-16H,1-4H3/t31-/m0/s1. The molecule has 0 N–H and O–H groups in total. The summed E-state index contributed by atoms with van der Waals surface area (Å²) in [6.07, 6.45) is 0. The molecule has 4 aromatic rings. The fourth-order valence-electron chi connectivity index (χ4n) is 3.46. The van der Waals surface area contributed by atoms with Crippen LogP contribution < -0.4 is 10.0 Å². The summed E-state index contributed by atoms with van der Waals surface area (Å²) in [6, 6.07) is 24.4. The van der Waals surface area contributed by atoms with E-state index in [2.05, 4.69) is 76.9 Å². The van der Waals surface area contributed by atoms with Gasteiger partial charge < -0.3 is 8.94 Å². The van der Waals surface area contributed by atoms with E-state index < -0.39 is 7.28 Å². The van der Waals surface area contributed by atoms with Crippen molar-refractivity contribution in [2.45, 2.75) is 32.9 Å². The number of hydrogen-bond donors (Lipinski definition) is 0. The molecule has 1 atom stereocenters. The zero-order valence-corrected chi connectivity index (χ0v) is 22.0. The Balaban J connectivity index is 2.05. The average molecular weight is 561 g/mol. The molecule has 0 amide bonds. The molecular weight excluding hydrogens is 537 g/mol. The summed E-state index contributed by atoms with van der Waals surface area (Å²) in [7, 11) is -2.69. The van der Waals surface area contributed by atoms with Gasteiger partial charge >= 0.3 is 0 Å². The molecule has 0 fully saturated rings. The molecule has 1 aromatic heterocycles. The predicted molar refractivity (Wildman–Crippen MR) is 138 cm³/mol. The van der Waals surface area contributed by atoms with Crippen LogP contribution in [0.15, 0.2) is 90.9 Å². The predicted octanol–water partition coefficient (Wildman–Crippen LogP) is 9.22. The number of aryl methyl sites for hydroxylation is 1. The van der Waals surface area contributed by atoms with Crippen molar-refractivity contribution in [3.8, 4) is 5.75 Å². The molecule has 0 aliphatic carbocycles. The number of benzene rings is 3. The van der Waals surface area contributed by atoms with Crippen molar-refractivity contribution >= 4 is 61.1 Å². The lowest BCUT2D eigenvalue weighted by molar-refractivity contribution is 0.525. The minimum Gasteiger partial charge on any atom is -0.457 e. The zero-order chi connectivity index (χ0) is 22.2. The van der Waals surface area contributed by atoms with Crippen molar-refractivity contribution < 1.29 is 8.94 Å². The highest BCUT2D eigenvalue weighted by atomic mass is 79.9. The molecule has 4 rings (SSSR count). The highest BCUT2D eigenvalue weighted by Gasteiger charge is 2.42. The van der Waals surface area contributed by atoms with E-state index in [0.717, 1.165) is 42.4 Å². The van der Waals surface area contributed by atoms with Crippen LogP contribution in [0.5, 0.6) is 5.75 Å². The number of nitrogens with zero attached hydrogens (tertiary/aromatic N) is 1. The molecule has 3 nitrogen and oxygen atoms in total. The molecule has 0 unspecified atom stereocenters. The molecule has 0 spiro atoms. The lowest BCUT2D eigenvalue weighted by Gasteiger charge is -2.35. The molecular formula is C25H24Br2NO2P. The Morgan fingerprint density at radius 1 is 0.903 bits per heavy atom. The number of halogens is 2. The minimum atomic E-state index is -2.69. The van der Waals surface area contributed by atoms with Gasteiger partial charge in [0.25, 0.3) is 0 Å². The van der Waals surface area contributed by atoms with Gasteiger partial charge in [-0.25, -0.2) is 4.74 Å². The molecule has 0 saturated carbocycles. The van der Waals surface area contributed by atoms with Crippen LogP contribution in [0.3, 0.4) is 0 Å². The molecule has 31 heavy (non-hydrogen) atoms. The summed E-state index contributed by atoms with van der Waals surface area (Å²) >= 11 is 7.19. The van der Waals surface area contributed by atoms with E-state index in [9.17, 15) is 0 Å². The first-order valence-corrected chi connectivity index (χ1v) is 13.3. The number of rotatable bonds is 4. The Morgan fingerprint density at radius 3 is 2.32 bits per heavy atom. The molecule has 6 heteroatoms. The average Bonchev–Trinajstić information content (AvgIpc) is 3.15. The van der Waals surface area contributed by atoms with Crippen LogP contribution in [-0.2, 0) is 0 Å². The molecule has 0 aliphatic heterocycles. The maximum Gasteiger partial charge on any atom is 0.207 e. The topological polar surface area (TPSA) is 34.7 Å². The van der Waals surface area contributed by atoms with Crippen LogP contribution in [0.4, 0.5) is 5.69 Å². The second-order valence-electron chi connectivity index (χ2n) is 8.40. The van der Waals surface area contributed by atoms with Crippen molar-refractivity contribution in [2.75, 3.05) is 0 Å². The monoisotopic (exact) mass is 559 g/mol. The van der Waals surface area contributed by atoms with Crippen LogP contribution in [0.2, 0.25) is 0 Å². The second-order valence-corrected chi connectivity index (χ2v) is 13.5. The zero-order valence-electron chi connectivity index (χ0n) is 17.9. The summed E-state index contributed by atoms with van der Waals surface area (Å²) < 4.78 is 20.3. The lowest BCUT2D eigenvalue weighted by atomic mass is 10.1. The summed E-state index contributed by atoms with van der Waals surface area (Å²) in [4.78, 5) is 0. The van der Waals surface area contributed by atoms with Crippen molar-refractivity contribution in [2.24, 2.45) is 4.74 Å². The van der Waals surface area contributed by atoms with Gasteiger partial charge in [0.05, 0.1) is 10.2 Å². The largest absolute Gasteiger partial charge is 0.457 e. The van der Waals surface area contributed by atoms with Crippen molar-refractivity contribution in [1.29, 1.82) is 0 Å². The van der Waals surface area contributed by atoms with E-state index in [1.165, 1.54) is 0 Å². The summed E-state index contributed by atoms with van der Waals surface area (Å²) in [5, 5.41) is 1.93. The van der Waals surface area contributed by atoms with Crippen LogP contribution in [0.25, 0.3) is 10.8 Å². The molecule has 1 heterocycles. The molecule has 0 saturated heterocycles. The summed E-state index contributed by atoms with van der Waals surface area (Å²) in [6.45, 7) is 8.45. The second kappa shape index (κ2) is 8.61. The van der Waals surface area contributed by atoms with Crippen molar-refractivity contribution in [3.63, 3.8) is 0 Å². The van der Waals surface area contributed by atoms with Crippen LogP contribution in [0, 0.1) is 6.92 Å². The third-order valence-electron chi connectivity index (χ3n) is 5.07. The number of furan rings is 1. The highest BCUT2D eigenvalue weighted by molar-refractivity contribution is 9.11. The van der Waals surface area contributed by atoms with Gasteiger partial charge in [-0.1, -0.05) is 73.1 Å². The normalized spacial score (nSPS) is 13.7. The van der Waals surface area contributed by atoms with Gasteiger partial charge in [-0.05, 0) is 64.6 Å². The van der Waals surface area contributed by atoms with E-state index in [-0.39, 0.29) is 5.16 Å². The van der Waals surface area contributed by atoms with Crippen molar-refractivity contribution in [1.82, 2.24) is 0 Å². The smallest absolute Gasteiger partial charge is 0.207 e. The molecule has 160 valence electrons. The Hall–Kier alpha value is -1.81. The number of hydrogen-bond acceptors (Lipinski definition) is 3. The van der Waals surface area contributed by atoms with E-state index >= 15 is 0 Å². The first-order chi connectivity index (χ1) is 14.7. The molecule has 0 radical (unpaired) electrons. The van der Waals surface area contributed by atoms with Crippen LogP contribution >= 0.6 is 39.1 Å². The Morgan fingerprint density at radius 2 is 1.65 bits per heavy atom. The quantitative estimate of drug-likeness (QED) is 0.233. The van der Waals surface area contributed by atoms with Crippen LogP contribution in [-0.4, -0.2) is 5.16 Å². The number of fused-ring (bicyclic) bond motifs is 1. The third-order valence-corrected chi connectivity index (χ3v) is 9.80. The minimum absolute atomic E-state index is 0.319. The van der Waals surface area contributed by atoms with E-state index in [0.29, 0.717) is 0 Å². The van der Waals surface area contributed by atoms with Gasteiger partial charge in [-0.15, -0.1) is 0 Å². The van der Waals surface area contributed by atoms with Gasteiger partial charge in [-0.2, -0.15) is 0 Å². The van der Waals surface area contributed by atoms with E-state index in [4.69, 9.17) is 13.7 Å². The first-order valence-electron chi connectivity index (χ1n) is 10.0. The Kier molecular flexibility index (Phi) is 6.22. The maximum absolute atomic E-state index is 6.89. The van der Waals surface area contributed by atoms with Gasteiger partial charge in [0.1, 0.15) is 11.5 Å². The summed E-state index contributed by atoms with van der Waals surface area (Å²) in [5.41, 5.74) is 1.68. The summed E-state index contributed by atoms with van der Waals surface area (Å²) in [5.74, 6) is 1.58. The Labute approximate surface area is 200 Å². The van der Waals surface area contributed by atoms with Gasteiger partial charge in [0.15, 0.2) is 5.50 Å². The van der Waals surface area contributed by atoms with Gasteiger partial charge in [0.2, 0.25) is 7.28 Å². The SMILES string of the molecule is Cc1ccc([P@](=Nc2cccc3ccccc23)(Oc2ccc(Br)cc2Br)C(C)(C)C)o1. The van der Waals surface area contributed by atoms with Crippen molar-refractivity contribution in [3.05, 3.63) is 87.5 Å². The molecule has 3 aromatic carbocycles. The maximum atomic E-state index is 6.89. The lowest BCUT2D eigenvalue weighted by Crippen LogP contribution is -2.26. The fraction of sp³-hybridized carbons (Fsp3) is 0.200. The first kappa shape index (κ1) is 22.4. The van der Waals surface area contributed by atoms with Gasteiger partial charge in [0, 0.05) is 15.0 Å². The fourth-order valence-corrected chi connectivity index (χ4v) is 7.64. The van der Waals surface area contributed by atoms with Gasteiger partial charge in [-0.3, -0.25) is 0 Å².